The molecule has 5 nitrogen and oxygen atoms in total. The SMILES string of the molecule is Cc1ccc2c(c1)CN(CCC(=O)NCc1ccco1)CC(C)O2. The molecule has 1 aliphatic heterocycles. The Morgan fingerprint density at radius 1 is 1.38 bits per heavy atom. The normalized spacial score (nSPS) is 17.7. The number of furan rings is 1. The van der Waals surface area contributed by atoms with Gasteiger partial charge in [0.05, 0.1) is 12.8 Å². The summed E-state index contributed by atoms with van der Waals surface area (Å²) in [5.41, 5.74) is 2.42. The Labute approximate surface area is 142 Å². The lowest BCUT2D eigenvalue weighted by atomic mass is 10.1. The molecular formula is C19H24N2O3. The molecular weight excluding hydrogens is 304 g/mol. The van der Waals surface area contributed by atoms with E-state index in [1.54, 1.807) is 6.26 Å². The van der Waals surface area contributed by atoms with Gasteiger partial charge in [-0.2, -0.15) is 0 Å². The van der Waals surface area contributed by atoms with Crippen LogP contribution >= 0.6 is 0 Å². The van der Waals surface area contributed by atoms with Gasteiger partial charge in [-0.3, -0.25) is 9.69 Å². The fraction of sp³-hybridized carbons (Fsp3) is 0.421. The van der Waals surface area contributed by atoms with Crippen molar-refractivity contribution in [2.75, 3.05) is 13.1 Å². The topological polar surface area (TPSA) is 54.7 Å². The number of hydrogen-bond acceptors (Lipinski definition) is 4. The Morgan fingerprint density at radius 2 is 2.25 bits per heavy atom. The lowest BCUT2D eigenvalue weighted by Gasteiger charge is -2.21. The monoisotopic (exact) mass is 328 g/mol. The second-order valence-corrected chi connectivity index (χ2v) is 6.38. The molecule has 1 aromatic heterocycles. The highest BCUT2D eigenvalue weighted by Gasteiger charge is 2.20. The Kier molecular flexibility index (Phi) is 5.20. The van der Waals surface area contributed by atoms with E-state index in [0.29, 0.717) is 19.5 Å². The van der Waals surface area contributed by atoms with Crippen LogP contribution in [0.2, 0.25) is 0 Å². The Morgan fingerprint density at radius 3 is 3.04 bits per heavy atom. The number of carbonyl (C=O) groups is 1. The van der Waals surface area contributed by atoms with Gasteiger partial charge in [-0.1, -0.05) is 17.7 Å². The Balaban J connectivity index is 1.53. The van der Waals surface area contributed by atoms with Gasteiger partial charge in [-0.25, -0.2) is 0 Å². The minimum Gasteiger partial charge on any atom is -0.489 e. The third kappa shape index (κ3) is 4.38. The summed E-state index contributed by atoms with van der Waals surface area (Å²) in [5.74, 6) is 1.76. The highest BCUT2D eigenvalue weighted by molar-refractivity contribution is 5.75. The van der Waals surface area contributed by atoms with Gasteiger partial charge in [0.25, 0.3) is 0 Å². The van der Waals surface area contributed by atoms with Crippen molar-refractivity contribution in [3.05, 3.63) is 53.5 Å². The fourth-order valence-corrected chi connectivity index (χ4v) is 2.99. The van der Waals surface area contributed by atoms with Crippen LogP contribution in [-0.2, 0) is 17.9 Å². The van der Waals surface area contributed by atoms with Crippen LogP contribution in [0.25, 0.3) is 0 Å². The first-order chi connectivity index (χ1) is 11.6. The minimum absolute atomic E-state index is 0.0358. The van der Waals surface area contributed by atoms with Crippen molar-refractivity contribution < 1.29 is 13.9 Å². The Bertz CT molecular complexity index is 682. The fourth-order valence-electron chi connectivity index (χ4n) is 2.99. The van der Waals surface area contributed by atoms with Crippen LogP contribution in [0.4, 0.5) is 0 Å². The highest BCUT2D eigenvalue weighted by Crippen LogP contribution is 2.26. The van der Waals surface area contributed by atoms with E-state index in [0.717, 1.165) is 24.6 Å². The predicted octanol–water partition coefficient (Wildman–Crippen LogP) is 2.88. The van der Waals surface area contributed by atoms with Crippen molar-refractivity contribution in [1.29, 1.82) is 0 Å². The molecule has 1 amide bonds. The van der Waals surface area contributed by atoms with Gasteiger partial charge in [0.15, 0.2) is 0 Å². The number of fused-ring (bicyclic) bond motifs is 1. The standard InChI is InChI=1S/C19H24N2O3/c1-14-5-6-18-16(10-14)13-21(12-15(2)24-18)8-7-19(22)20-11-17-4-3-9-23-17/h3-6,9-10,15H,7-8,11-13H2,1-2H3,(H,20,22). The van der Waals surface area contributed by atoms with Crippen molar-refractivity contribution in [3.63, 3.8) is 0 Å². The number of amides is 1. The van der Waals surface area contributed by atoms with Gasteiger partial charge >= 0.3 is 0 Å². The molecule has 1 aromatic carbocycles. The summed E-state index contributed by atoms with van der Waals surface area (Å²) in [6.07, 6.45) is 2.19. The molecule has 3 rings (SSSR count). The van der Waals surface area contributed by atoms with E-state index in [2.05, 4.69) is 36.2 Å². The summed E-state index contributed by atoms with van der Waals surface area (Å²) in [6, 6.07) is 9.95. The van der Waals surface area contributed by atoms with Gasteiger partial charge < -0.3 is 14.5 Å². The number of nitrogens with zero attached hydrogens (tertiary/aromatic N) is 1. The zero-order chi connectivity index (χ0) is 16.9. The van der Waals surface area contributed by atoms with Gasteiger partial charge in [0.1, 0.15) is 17.6 Å². The molecule has 1 atom stereocenters. The molecule has 0 radical (unpaired) electrons. The first-order valence-electron chi connectivity index (χ1n) is 8.38. The summed E-state index contributed by atoms with van der Waals surface area (Å²) in [5, 5.41) is 2.89. The van der Waals surface area contributed by atoms with Gasteiger partial charge in [0.2, 0.25) is 5.91 Å². The predicted molar refractivity (Wildman–Crippen MR) is 91.7 cm³/mol. The van der Waals surface area contributed by atoms with E-state index in [1.165, 1.54) is 11.1 Å². The smallest absolute Gasteiger partial charge is 0.221 e. The summed E-state index contributed by atoms with van der Waals surface area (Å²) in [7, 11) is 0. The molecule has 1 N–H and O–H groups in total. The second-order valence-electron chi connectivity index (χ2n) is 6.38. The van der Waals surface area contributed by atoms with E-state index in [1.807, 2.05) is 18.2 Å². The van der Waals surface area contributed by atoms with E-state index in [9.17, 15) is 4.79 Å². The molecule has 128 valence electrons. The van der Waals surface area contributed by atoms with Gasteiger partial charge in [-0.05, 0) is 32.0 Å². The van der Waals surface area contributed by atoms with Crippen molar-refractivity contribution in [1.82, 2.24) is 10.2 Å². The highest BCUT2D eigenvalue weighted by atomic mass is 16.5. The molecule has 5 heteroatoms. The zero-order valence-corrected chi connectivity index (χ0v) is 14.2. The number of hydrogen-bond donors (Lipinski definition) is 1. The molecule has 2 heterocycles. The molecule has 0 aliphatic carbocycles. The summed E-state index contributed by atoms with van der Waals surface area (Å²) >= 11 is 0. The number of rotatable bonds is 5. The number of nitrogens with one attached hydrogen (secondary N) is 1. The van der Waals surface area contributed by atoms with Gasteiger partial charge in [0, 0.05) is 31.6 Å². The largest absolute Gasteiger partial charge is 0.489 e. The average molecular weight is 328 g/mol. The Hall–Kier alpha value is -2.27. The quantitative estimate of drug-likeness (QED) is 0.917. The van der Waals surface area contributed by atoms with Gasteiger partial charge in [-0.15, -0.1) is 0 Å². The van der Waals surface area contributed by atoms with Crippen molar-refractivity contribution in [2.24, 2.45) is 0 Å². The minimum atomic E-state index is 0.0358. The van der Waals surface area contributed by atoms with Crippen LogP contribution in [0.5, 0.6) is 5.75 Å². The molecule has 1 unspecified atom stereocenters. The van der Waals surface area contributed by atoms with Crippen LogP contribution in [0.15, 0.2) is 41.0 Å². The molecule has 1 aliphatic rings. The number of aryl methyl sites for hydroxylation is 1. The van der Waals surface area contributed by atoms with E-state index >= 15 is 0 Å². The lowest BCUT2D eigenvalue weighted by molar-refractivity contribution is -0.121. The number of benzene rings is 1. The molecule has 0 saturated carbocycles. The molecule has 0 fully saturated rings. The summed E-state index contributed by atoms with van der Waals surface area (Å²) in [4.78, 5) is 14.3. The third-order valence-electron chi connectivity index (χ3n) is 4.15. The van der Waals surface area contributed by atoms with E-state index in [-0.39, 0.29) is 12.0 Å². The maximum atomic E-state index is 12.0. The van der Waals surface area contributed by atoms with Crippen LogP contribution in [0.3, 0.4) is 0 Å². The van der Waals surface area contributed by atoms with Crippen LogP contribution in [-0.4, -0.2) is 30.0 Å². The van der Waals surface area contributed by atoms with E-state index < -0.39 is 0 Å². The van der Waals surface area contributed by atoms with Crippen LogP contribution < -0.4 is 10.1 Å². The van der Waals surface area contributed by atoms with Crippen molar-refractivity contribution in [3.8, 4) is 5.75 Å². The molecule has 0 saturated heterocycles. The maximum Gasteiger partial charge on any atom is 0.221 e. The molecule has 0 bridgehead atoms. The third-order valence-corrected chi connectivity index (χ3v) is 4.15. The average Bonchev–Trinajstić information content (AvgIpc) is 3.01. The molecule has 2 aromatic rings. The van der Waals surface area contributed by atoms with Crippen molar-refractivity contribution >= 4 is 5.91 Å². The lowest BCUT2D eigenvalue weighted by Crippen LogP contribution is -2.34. The first kappa shape index (κ1) is 16.6. The second kappa shape index (κ2) is 7.53. The molecule has 0 spiro atoms. The van der Waals surface area contributed by atoms with E-state index in [4.69, 9.17) is 9.15 Å². The number of carbonyl (C=O) groups excluding carboxylic acids is 1. The zero-order valence-electron chi connectivity index (χ0n) is 14.2. The number of ether oxygens (including phenoxy) is 1. The first-order valence-corrected chi connectivity index (χ1v) is 8.38. The summed E-state index contributed by atoms with van der Waals surface area (Å²) in [6.45, 7) is 6.93. The summed E-state index contributed by atoms with van der Waals surface area (Å²) < 4.78 is 11.2. The van der Waals surface area contributed by atoms with Crippen LogP contribution in [0, 0.1) is 6.92 Å². The van der Waals surface area contributed by atoms with Crippen molar-refractivity contribution in [2.45, 2.75) is 39.5 Å². The van der Waals surface area contributed by atoms with Crippen LogP contribution in [0.1, 0.15) is 30.2 Å². The molecule has 24 heavy (non-hydrogen) atoms. The maximum absolute atomic E-state index is 12.0.